The highest BCUT2D eigenvalue weighted by Gasteiger charge is 2.44. The molecule has 0 unspecified atom stereocenters. The fourth-order valence-corrected chi connectivity index (χ4v) is 9.98. The maximum absolute atomic E-state index is 11.9. The van der Waals surface area contributed by atoms with Crippen molar-refractivity contribution in [2.45, 2.75) is 228 Å². The van der Waals surface area contributed by atoms with Crippen LogP contribution in [0.2, 0.25) is 0 Å². The molecule has 2 aliphatic rings. The molecule has 2 N–H and O–H groups in total. The van der Waals surface area contributed by atoms with E-state index < -0.39 is 57.5 Å². The predicted octanol–water partition coefficient (Wildman–Crippen LogP) is 16.4. The average Bonchev–Trinajstić information content (AvgIpc) is 1.63. The molecule has 0 radical (unpaired) electrons. The second kappa shape index (κ2) is 41.8. The van der Waals surface area contributed by atoms with Crippen molar-refractivity contribution >= 4 is 41.8 Å². The van der Waals surface area contributed by atoms with Crippen LogP contribution in [0, 0.1) is 0 Å². The lowest BCUT2D eigenvalue weighted by atomic mass is 9.82. The van der Waals surface area contributed by atoms with Crippen LogP contribution in [0.3, 0.4) is 0 Å². The quantitative estimate of drug-likeness (QED) is 0.0262. The van der Waals surface area contributed by atoms with Crippen molar-refractivity contribution in [2.75, 3.05) is 21.3 Å². The number of rotatable bonds is 28. The SMILES string of the molecule is C=C(C)C(=O)OC(C)(C)c1ccc(CO)o1.C=C(C)C(=O)OC(C)(C)c1ccc(COC(C)=O)o1.C=C(C)C(=O)OC(C)(C)c1ccc(COC)o1.C=C(C)C(=O)OC1(c2ccc(COC)o2)CCCC1.C=C(C)C(=O)OC1(c2ccc(COC)o2)CCCCC1.C=CC(=O)OC(C)(C)c1ccc(CO)o1. The van der Waals surface area contributed by atoms with E-state index in [1.54, 1.807) is 160 Å². The van der Waals surface area contributed by atoms with E-state index in [2.05, 4.69) is 39.5 Å². The van der Waals surface area contributed by atoms with Crippen LogP contribution >= 0.6 is 0 Å². The van der Waals surface area contributed by atoms with E-state index >= 15 is 0 Å². The molecule has 25 nitrogen and oxygen atoms in total. The van der Waals surface area contributed by atoms with Gasteiger partial charge in [-0.2, -0.15) is 0 Å². The third-order valence-electron chi connectivity index (χ3n) is 15.8. The van der Waals surface area contributed by atoms with Crippen LogP contribution in [0.5, 0.6) is 0 Å². The van der Waals surface area contributed by atoms with Crippen molar-refractivity contribution in [1.29, 1.82) is 0 Å². The predicted molar refractivity (Wildman–Crippen MR) is 390 cm³/mol. The molecule has 0 spiro atoms. The smallest absolute Gasteiger partial charge is 0.334 e. The molecule has 0 atom stereocenters. The molecule has 106 heavy (non-hydrogen) atoms. The number of furan rings is 6. The summed E-state index contributed by atoms with van der Waals surface area (Å²) in [5, 5.41) is 17.7. The molecule has 2 fully saturated rings. The summed E-state index contributed by atoms with van der Waals surface area (Å²) in [7, 11) is 4.84. The molecule has 0 aliphatic heterocycles. The van der Waals surface area contributed by atoms with Crippen molar-refractivity contribution in [3.8, 4) is 0 Å². The minimum Gasteiger partial charge on any atom is -0.459 e. The number of ether oxygens (including phenoxy) is 10. The lowest BCUT2D eigenvalue weighted by molar-refractivity contribution is -0.163. The Morgan fingerprint density at radius 2 is 0.651 bits per heavy atom. The van der Waals surface area contributed by atoms with Gasteiger partial charge in [-0.05, 0) is 214 Å². The van der Waals surface area contributed by atoms with Gasteiger partial charge in [-0.1, -0.05) is 45.9 Å². The first-order valence-corrected chi connectivity index (χ1v) is 34.3. The van der Waals surface area contributed by atoms with Gasteiger partial charge in [-0.25, -0.2) is 28.8 Å². The average molecular weight is 1480 g/mol. The van der Waals surface area contributed by atoms with Crippen molar-refractivity contribution in [3.63, 3.8) is 0 Å². The number of hydrogen-bond acceptors (Lipinski definition) is 25. The van der Waals surface area contributed by atoms with Gasteiger partial charge in [0.25, 0.3) is 0 Å². The normalized spacial score (nSPS) is 13.5. The zero-order valence-corrected chi connectivity index (χ0v) is 64.6. The topological polar surface area (TPSA) is 331 Å². The largest absolute Gasteiger partial charge is 0.459 e. The molecule has 6 heterocycles. The third-order valence-corrected chi connectivity index (χ3v) is 15.8. The van der Waals surface area contributed by atoms with Crippen LogP contribution in [0.25, 0.3) is 0 Å². The first kappa shape index (κ1) is 90.4. The van der Waals surface area contributed by atoms with E-state index in [1.165, 1.54) is 6.92 Å². The van der Waals surface area contributed by atoms with Gasteiger partial charge in [0.1, 0.15) is 109 Å². The highest BCUT2D eigenvalue weighted by Crippen LogP contribution is 2.44. The van der Waals surface area contributed by atoms with Crippen molar-refractivity contribution < 1.29 is 118 Å². The van der Waals surface area contributed by atoms with Gasteiger partial charge < -0.3 is 84.1 Å². The molecule has 0 saturated heterocycles. The van der Waals surface area contributed by atoms with E-state index in [9.17, 15) is 33.6 Å². The highest BCUT2D eigenvalue weighted by molar-refractivity contribution is 5.89. The summed E-state index contributed by atoms with van der Waals surface area (Å²) in [4.78, 5) is 79.9. The van der Waals surface area contributed by atoms with Gasteiger partial charge in [0.2, 0.25) is 0 Å². The van der Waals surface area contributed by atoms with E-state index in [0.717, 1.165) is 81.1 Å². The molecule has 0 bridgehead atoms. The van der Waals surface area contributed by atoms with Gasteiger partial charge in [-0.3, -0.25) is 4.79 Å². The Balaban J connectivity index is 0.000000331. The lowest BCUT2D eigenvalue weighted by Gasteiger charge is -2.35. The van der Waals surface area contributed by atoms with Crippen LogP contribution in [-0.4, -0.2) is 73.3 Å². The summed E-state index contributed by atoms with van der Waals surface area (Å²) in [5.74, 6) is 4.05. The molecule has 8 rings (SSSR count). The van der Waals surface area contributed by atoms with Crippen LogP contribution in [0.15, 0.2) is 173 Å². The number of esters is 7. The van der Waals surface area contributed by atoms with Crippen molar-refractivity contribution in [2.24, 2.45) is 0 Å². The van der Waals surface area contributed by atoms with E-state index in [1.807, 2.05) is 24.3 Å². The minimum atomic E-state index is -0.912. The number of carbonyl (C=O) groups excluding carboxylic acids is 7. The molecule has 2 aliphatic carbocycles. The molecule has 0 amide bonds. The van der Waals surface area contributed by atoms with Gasteiger partial charge in [0.05, 0.1) is 0 Å². The summed E-state index contributed by atoms with van der Waals surface area (Å²) in [5.41, 5.74) is -2.88. The lowest BCUT2D eigenvalue weighted by Crippen LogP contribution is -2.34. The molecule has 6 aromatic heterocycles. The number of methoxy groups -OCH3 is 3. The molecular weight excluding hydrogens is 1370 g/mol. The van der Waals surface area contributed by atoms with Gasteiger partial charge >= 0.3 is 41.8 Å². The van der Waals surface area contributed by atoms with Crippen LogP contribution < -0.4 is 0 Å². The Labute approximate surface area is 621 Å². The first-order valence-electron chi connectivity index (χ1n) is 34.3. The van der Waals surface area contributed by atoms with Gasteiger partial charge in [0.15, 0.2) is 33.6 Å². The minimum absolute atomic E-state index is 0.0554. The van der Waals surface area contributed by atoms with E-state index in [-0.39, 0.29) is 37.7 Å². The van der Waals surface area contributed by atoms with Crippen molar-refractivity contribution in [1.82, 2.24) is 0 Å². The maximum Gasteiger partial charge on any atom is 0.334 e. The Kier molecular flexibility index (Phi) is 35.6. The maximum atomic E-state index is 11.9. The zero-order chi connectivity index (χ0) is 80.0. The Hall–Kier alpha value is -9.79. The van der Waals surface area contributed by atoms with Crippen LogP contribution in [-0.2, 0) is 154 Å². The van der Waals surface area contributed by atoms with Gasteiger partial charge in [-0.15, -0.1) is 0 Å². The van der Waals surface area contributed by atoms with Crippen LogP contribution in [0.1, 0.15) is 224 Å². The summed E-state index contributed by atoms with van der Waals surface area (Å²) >= 11 is 0. The monoisotopic (exact) mass is 1480 g/mol. The second-order valence-electron chi connectivity index (χ2n) is 27.3. The van der Waals surface area contributed by atoms with Crippen LogP contribution in [0.4, 0.5) is 0 Å². The summed E-state index contributed by atoms with van der Waals surface area (Å²) < 4.78 is 85.4. The summed E-state index contributed by atoms with van der Waals surface area (Å²) in [6.07, 6.45) is 9.58. The van der Waals surface area contributed by atoms with Crippen molar-refractivity contribution in [3.05, 3.63) is 215 Å². The zero-order valence-electron chi connectivity index (χ0n) is 64.6. The molecular formula is C81H108O25. The highest BCUT2D eigenvalue weighted by atomic mass is 16.6. The number of aliphatic hydroxyl groups excluding tert-OH is 2. The number of aliphatic hydroxyl groups is 2. The number of hydrogen-bond donors (Lipinski definition) is 2. The third kappa shape index (κ3) is 28.6. The standard InChI is InChI=1S/C16H22O4.C15H20O4.C14H18O5.C13H18O4.C12H16O4.C11H14O4/c1-12(2)15(17)20-16(9-5-4-6-10-16)14-8-7-13(19-14)11-18-3;1-11(2)14(16)19-15(8-4-5-9-15)13-7-6-12(18-13)10-17-3;1-9(2)13(16)19-14(4,5)12-7-6-11(18-12)8-17-10(3)15;1-9(2)12(14)17-13(3,4)11-7-6-10(16-11)8-15-5;1-8(2)11(14)16-12(3,4)10-6-5-9(7-13)15-10;1-4-10(13)15-11(2,3)9-6-5-8(7-12)14-9/h7-8H,1,4-6,9-11H2,2-3H3;6-7H,1,4-5,8-10H2,2-3H3;6-7H,1,8H2,2-5H3;6-7H,1,8H2,2-5H3;5-6,13H,1,7H2,2-4H3;4-6,12H,1,7H2,2-3H3. The molecule has 0 aromatic carbocycles. The Morgan fingerprint density at radius 3 is 0.925 bits per heavy atom. The second-order valence-corrected chi connectivity index (χ2v) is 27.3. The summed E-state index contributed by atoms with van der Waals surface area (Å²) in [6, 6.07) is 21.1. The van der Waals surface area contributed by atoms with Gasteiger partial charge in [0, 0.05) is 62.2 Å². The Morgan fingerprint density at radius 1 is 0.387 bits per heavy atom. The Bertz CT molecular complexity index is 3910. The first-order chi connectivity index (χ1) is 49.6. The molecule has 582 valence electrons. The summed E-state index contributed by atoms with van der Waals surface area (Å²) in [6.45, 7) is 45.3. The number of carbonyl (C=O) groups is 7. The fourth-order valence-electron chi connectivity index (χ4n) is 9.98. The van der Waals surface area contributed by atoms with E-state index in [4.69, 9.17) is 84.1 Å². The molecule has 2 saturated carbocycles. The molecule has 6 aromatic rings. The van der Waals surface area contributed by atoms with E-state index in [0.29, 0.717) is 99.5 Å². The fraction of sp³-hybridized carbons (Fsp3) is 0.469. The molecule has 25 heteroatoms.